The van der Waals surface area contributed by atoms with Crippen molar-refractivity contribution in [1.29, 1.82) is 0 Å². The summed E-state index contributed by atoms with van der Waals surface area (Å²) in [7, 11) is 0. The van der Waals surface area contributed by atoms with Crippen LogP contribution in [0, 0.1) is 0 Å². The lowest BCUT2D eigenvalue weighted by molar-refractivity contribution is 0.0985. The van der Waals surface area contributed by atoms with Crippen LogP contribution in [0.5, 0.6) is 0 Å². The van der Waals surface area contributed by atoms with Crippen molar-refractivity contribution in [3.05, 3.63) is 52.4 Å². The predicted molar refractivity (Wildman–Crippen MR) is 82.8 cm³/mol. The Kier molecular flexibility index (Phi) is 3.30. The van der Waals surface area contributed by atoms with Gasteiger partial charge in [-0.25, -0.2) is 0 Å². The van der Waals surface area contributed by atoms with Crippen LogP contribution in [0.25, 0.3) is 0 Å². The van der Waals surface area contributed by atoms with Crippen LogP contribution in [0.15, 0.2) is 34.9 Å². The second kappa shape index (κ2) is 4.90. The first-order chi connectivity index (χ1) is 9.94. The summed E-state index contributed by atoms with van der Waals surface area (Å²) in [5.41, 5.74) is 7.74. The van der Waals surface area contributed by atoms with Gasteiger partial charge in [-0.2, -0.15) is 0 Å². The molecule has 0 saturated carbocycles. The Hall–Kier alpha value is -1.78. The van der Waals surface area contributed by atoms with Crippen molar-refractivity contribution < 1.29 is 9.21 Å². The molecule has 110 valence electrons. The first-order valence-electron chi connectivity index (χ1n) is 6.82. The van der Waals surface area contributed by atoms with Crippen LogP contribution < -0.4 is 10.6 Å². The molecule has 0 spiro atoms. The fourth-order valence-electron chi connectivity index (χ4n) is 2.90. The highest BCUT2D eigenvalue weighted by molar-refractivity contribution is 6.32. The maximum atomic E-state index is 12.7. The zero-order chi connectivity index (χ0) is 15.2. The molecule has 1 aliphatic rings. The Morgan fingerprint density at radius 3 is 2.90 bits per heavy atom. The third-order valence-electron chi connectivity index (χ3n) is 3.86. The summed E-state index contributed by atoms with van der Waals surface area (Å²) in [6.07, 6.45) is 1.46. The number of hydrogen-bond donors (Lipinski definition) is 1. The summed E-state index contributed by atoms with van der Waals surface area (Å²) in [5.74, 6) is 0.510. The number of benzene rings is 1. The Labute approximate surface area is 128 Å². The van der Waals surface area contributed by atoms with E-state index in [9.17, 15) is 4.79 Å². The zero-order valence-corrected chi connectivity index (χ0v) is 12.8. The number of furan rings is 1. The third-order valence-corrected chi connectivity index (χ3v) is 4.17. The molecule has 1 aliphatic heterocycles. The van der Waals surface area contributed by atoms with E-state index in [-0.39, 0.29) is 17.9 Å². The number of carbonyl (C=O) groups is 1. The number of anilines is 1. The van der Waals surface area contributed by atoms with Gasteiger partial charge in [-0.15, -0.1) is 0 Å². The van der Waals surface area contributed by atoms with E-state index < -0.39 is 0 Å². The maximum Gasteiger partial charge on any atom is 0.261 e. The molecular weight excluding hydrogens is 288 g/mol. The number of carbonyl (C=O) groups excluding carboxylic acids is 1. The van der Waals surface area contributed by atoms with Crippen LogP contribution in [0.3, 0.4) is 0 Å². The lowest BCUT2D eigenvalue weighted by Gasteiger charge is -2.20. The summed E-state index contributed by atoms with van der Waals surface area (Å²) in [5, 5.41) is 0.697. The van der Waals surface area contributed by atoms with E-state index in [1.54, 1.807) is 11.0 Å². The van der Waals surface area contributed by atoms with Crippen LogP contribution in [0.4, 0.5) is 5.69 Å². The van der Waals surface area contributed by atoms with E-state index >= 15 is 0 Å². The molecule has 1 aromatic carbocycles. The molecule has 0 aliphatic carbocycles. The molecule has 5 heteroatoms. The number of amides is 1. The topological polar surface area (TPSA) is 59.5 Å². The van der Waals surface area contributed by atoms with Gasteiger partial charge in [0.2, 0.25) is 0 Å². The molecule has 0 fully saturated rings. The first-order valence-corrected chi connectivity index (χ1v) is 7.20. The average Bonchev–Trinajstić information content (AvgIpc) is 3.01. The fraction of sp³-hybridized carbons (Fsp3) is 0.312. The van der Waals surface area contributed by atoms with E-state index in [0.29, 0.717) is 22.9 Å². The average molecular weight is 305 g/mol. The van der Waals surface area contributed by atoms with Gasteiger partial charge in [-0.3, -0.25) is 4.79 Å². The molecule has 0 unspecified atom stereocenters. The van der Waals surface area contributed by atoms with Gasteiger partial charge in [0.25, 0.3) is 5.91 Å². The molecule has 0 radical (unpaired) electrons. The van der Waals surface area contributed by atoms with Gasteiger partial charge in [0.05, 0.1) is 12.1 Å². The minimum absolute atomic E-state index is 0.0902. The number of rotatable bonds is 2. The van der Waals surface area contributed by atoms with E-state index in [0.717, 1.165) is 11.3 Å². The molecule has 1 aromatic heterocycles. The minimum atomic E-state index is -0.177. The van der Waals surface area contributed by atoms with Crippen molar-refractivity contribution in [1.82, 2.24) is 0 Å². The summed E-state index contributed by atoms with van der Waals surface area (Å²) >= 11 is 6.32. The highest BCUT2D eigenvalue weighted by Crippen LogP contribution is 2.44. The highest BCUT2D eigenvalue weighted by atomic mass is 35.5. The molecule has 3 rings (SSSR count). The van der Waals surface area contributed by atoms with E-state index in [2.05, 4.69) is 13.8 Å². The maximum absolute atomic E-state index is 12.7. The summed E-state index contributed by atoms with van der Waals surface area (Å²) in [6.45, 7) is 5.05. The monoisotopic (exact) mass is 304 g/mol. The molecule has 2 heterocycles. The summed E-state index contributed by atoms with van der Waals surface area (Å²) in [4.78, 5) is 14.5. The van der Waals surface area contributed by atoms with Crippen molar-refractivity contribution in [3.8, 4) is 0 Å². The molecule has 0 atom stereocenters. The number of nitrogens with two attached hydrogens (primary N) is 1. The molecule has 1 amide bonds. The van der Waals surface area contributed by atoms with Crippen LogP contribution in [0.1, 0.15) is 35.5 Å². The molecule has 0 bridgehead atoms. The van der Waals surface area contributed by atoms with Crippen molar-refractivity contribution in [2.75, 3.05) is 11.4 Å². The summed E-state index contributed by atoms with van der Waals surface area (Å²) in [6, 6.07) is 7.35. The molecule has 2 N–H and O–H groups in total. The second-order valence-corrected chi connectivity index (χ2v) is 6.32. The number of halogens is 1. The zero-order valence-electron chi connectivity index (χ0n) is 12.0. The predicted octanol–water partition coefficient (Wildman–Crippen LogP) is 3.33. The Morgan fingerprint density at radius 2 is 2.24 bits per heavy atom. The fourth-order valence-corrected chi connectivity index (χ4v) is 3.33. The third kappa shape index (κ3) is 2.24. The number of nitrogens with zero attached hydrogens (tertiary/aromatic N) is 1. The van der Waals surface area contributed by atoms with Crippen LogP contribution in [0.2, 0.25) is 5.02 Å². The van der Waals surface area contributed by atoms with Gasteiger partial charge in [0, 0.05) is 28.2 Å². The van der Waals surface area contributed by atoms with Gasteiger partial charge in [0.1, 0.15) is 12.0 Å². The minimum Gasteiger partial charge on any atom is -0.467 e. The summed E-state index contributed by atoms with van der Waals surface area (Å²) < 4.78 is 5.26. The van der Waals surface area contributed by atoms with Gasteiger partial charge < -0.3 is 15.1 Å². The Balaban J connectivity index is 2.02. The Bertz CT molecular complexity index is 706. The van der Waals surface area contributed by atoms with E-state index in [1.165, 1.54) is 6.26 Å². The highest BCUT2D eigenvalue weighted by Gasteiger charge is 2.40. The van der Waals surface area contributed by atoms with Gasteiger partial charge in [-0.05, 0) is 18.2 Å². The number of fused-ring (bicyclic) bond motifs is 1. The van der Waals surface area contributed by atoms with Crippen LogP contribution in [-0.4, -0.2) is 12.5 Å². The molecule has 4 nitrogen and oxygen atoms in total. The largest absolute Gasteiger partial charge is 0.467 e. The smallest absolute Gasteiger partial charge is 0.261 e. The molecular formula is C16H17ClN2O2. The van der Waals surface area contributed by atoms with Crippen molar-refractivity contribution in [3.63, 3.8) is 0 Å². The van der Waals surface area contributed by atoms with Gasteiger partial charge in [0.15, 0.2) is 0 Å². The van der Waals surface area contributed by atoms with Gasteiger partial charge >= 0.3 is 0 Å². The van der Waals surface area contributed by atoms with Crippen molar-refractivity contribution in [2.24, 2.45) is 5.73 Å². The first kappa shape index (κ1) is 14.2. The lowest BCUT2D eigenvalue weighted by atomic mass is 9.87. The SMILES string of the molecule is CC1(C)CN(C(=O)c2coc(CN)c2)c2cccc(Cl)c21. The lowest BCUT2D eigenvalue weighted by Crippen LogP contribution is -2.33. The molecule has 21 heavy (non-hydrogen) atoms. The normalized spacial score (nSPS) is 16.1. The van der Waals surface area contributed by atoms with Crippen LogP contribution in [-0.2, 0) is 12.0 Å². The van der Waals surface area contributed by atoms with Crippen molar-refractivity contribution >= 4 is 23.2 Å². The Morgan fingerprint density at radius 1 is 1.48 bits per heavy atom. The quantitative estimate of drug-likeness (QED) is 0.926. The molecule has 2 aromatic rings. The second-order valence-electron chi connectivity index (χ2n) is 5.91. The van der Waals surface area contributed by atoms with Gasteiger partial charge in [-0.1, -0.05) is 31.5 Å². The van der Waals surface area contributed by atoms with E-state index in [4.69, 9.17) is 21.8 Å². The number of hydrogen-bond acceptors (Lipinski definition) is 3. The van der Waals surface area contributed by atoms with E-state index in [1.807, 2.05) is 18.2 Å². The van der Waals surface area contributed by atoms with Crippen LogP contribution >= 0.6 is 11.6 Å². The standard InChI is InChI=1S/C16H17ClN2O2/c1-16(2)9-19(13-5-3-4-12(17)14(13)16)15(20)10-6-11(7-18)21-8-10/h3-6,8H,7,9,18H2,1-2H3. The molecule has 0 saturated heterocycles. The van der Waals surface area contributed by atoms with Crippen molar-refractivity contribution in [2.45, 2.75) is 25.8 Å².